The summed E-state index contributed by atoms with van der Waals surface area (Å²) < 4.78 is 10.6. The lowest BCUT2D eigenvalue weighted by Crippen LogP contribution is -2.33. The molecule has 0 saturated heterocycles. The minimum absolute atomic E-state index is 0.00682. The number of rotatable bonds is 7. The van der Waals surface area contributed by atoms with Crippen LogP contribution in [-0.4, -0.2) is 27.2 Å². The van der Waals surface area contributed by atoms with Gasteiger partial charge in [0.2, 0.25) is 5.91 Å². The molecule has 1 rings (SSSR count). The van der Waals surface area contributed by atoms with Crippen LogP contribution in [0.2, 0.25) is 0 Å². The fraction of sp³-hybridized carbons (Fsp3) is 0.500. The molecule has 19 heavy (non-hydrogen) atoms. The van der Waals surface area contributed by atoms with E-state index in [0.29, 0.717) is 6.42 Å². The number of nitrogens with one attached hydrogen (secondary N) is 2. The molecule has 0 heterocycles. The molecule has 0 aliphatic carbocycles. The smallest absolute Gasteiger partial charge is 0.234 e. The maximum atomic E-state index is 11.3. The standard InChI is InChI=1S/C14H22N2O3/c1-10-8-11(18-3)9-13(19-4)12(10)6-5-7-14(17)16-15-2/h8-9,15H,5-7H2,1-4H3,(H,16,17). The van der Waals surface area contributed by atoms with E-state index in [1.165, 1.54) is 0 Å². The molecule has 5 nitrogen and oxygen atoms in total. The fourth-order valence-electron chi connectivity index (χ4n) is 2.00. The minimum atomic E-state index is -0.00682. The first-order valence-electron chi connectivity index (χ1n) is 6.29. The minimum Gasteiger partial charge on any atom is -0.497 e. The molecule has 0 aliphatic rings. The second kappa shape index (κ2) is 7.63. The second-order valence-electron chi connectivity index (χ2n) is 4.28. The van der Waals surface area contributed by atoms with Crippen molar-refractivity contribution in [2.75, 3.05) is 21.3 Å². The number of hydrazine groups is 1. The lowest BCUT2D eigenvalue weighted by atomic mass is 10.0. The molecule has 0 aliphatic heterocycles. The van der Waals surface area contributed by atoms with Gasteiger partial charge in [-0.05, 0) is 37.0 Å². The van der Waals surface area contributed by atoms with Gasteiger partial charge in [-0.3, -0.25) is 10.2 Å². The number of carbonyl (C=O) groups is 1. The molecule has 0 bridgehead atoms. The molecule has 1 amide bonds. The lowest BCUT2D eigenvalue weighted by Gasteiger charge is -2.13. The molecule has 0 saturated carbocycles. The molecule has 5 heteroatoms. The number of methoxy groups -OCH3 is 2. The first-order valence-corrected chi connectivity index (χ1v) is 6.29. The molecule has 0 fully saturated rings. The number of hydrogen-bond acceptors (Lipinski definition) is 4. The van der Waals surface area contributed by atoms with Gasteiger partial charge in [-0.1, -0.05) is 0 Å². The van der Waals surface area contributed by atoms with Crippen LogP contribution in [0, 0.1) is 6.92 Å². The highest BCUT2D eigenvalue weighted by molar-refractivity contribution is 5.75. The normalized spacial score (nSPS) is 10.1. The Balaban J connectivity index is 2.69. The Morgan fingerprint density at radius 2 is 2.00 bits per heavy atom. The summed E-state index contributed by atoms with van der Waals surface area (Å²) in [7, 11) is 4.95. The maximum absolute atomic E-state index is 11.3. The molecule has 1 aromatic rings. The third kappa shape index (κ3) is 4.44. The molecular weight excluding hydrogens is 244 g/mol. The van der Waals surface area contributed by atoms with Gasteiger partial charge in [0.05, 0.1) is 14.2 Å². The average molecular weight is 266 g/mol. The van der Waals surface area contributed by atoms with Crippen LogP contribution in [0.5, 0.6) is 11.5 Å². The van der Waals surface area contributed by atoms with Gasteiger partial charge in [0.1, 0.15) is 11.5 Å². The van der Waals surface area contributed by atoms with Gasteiger partial charge >= 0.3 is 0 Å². The monoisotopic (exact) mass is 266 g/mol. The summed E-state index contributed by atoms with van der Waals surface area (Å²) in [6.07, 6.45) is 2.06. The highest BCUT2D eigenvalue weighted by atomic mass is 16.5. The molecule has 0 spiro atoms. The predicted octanol–water partition coefficient (Wildman–Crippen LogP) is 1.59. The fourth-order valence-corrected chi connectivity index (χ4v) is 2.00. The summed E-state index contributed by atoms with van der Waals surface area (Å²) in [4.78, 5) is 11.3. The second-order valence-corrected chi connectivity index (χ2v) is 4.28. The summed E-state index contributed by atoms with van der Waals surface area (Å²) in [5.74, 6) is 1.59. The topological polar surface area (TPSA) is 59.6 Å². The Hall–Kier alpha value is -1.75. The summed E-state index contributed by atoms with van der Waals surface area (Å²) >= 11 is 0. The van der Waals surface area contributed by atoms with E-state index in [0.717, 1.165) is 35.5 Å². The maximum Gasteiger partial charge on any atom is 0.234 e. The van der Waals surface area contributed by atoms with Crippen LogP contribution >= 0.6 is 0 Å². The van der Waals surface area contributed by atoms with Crippen LogP contribution in [0.4, 0.5) is 0 Å². The first kappa shape index (κ1) is 15.3. The summed E-state index contributed by atoms with van der Waals surface area (Å²) in [5.41, 5.74) is 7.42. The zero-order chi connectivity index (χ0) is 14.3. The zero-order valence-corrected chi connectivity index (χ0v) is 12.0. The largest absolute Gasteiger partial charge is 0.497 e. The van der Waals surface area contributed by atoms with Crippen molar-refractivity contribution < 1.29 is 14.3 Å². The highest BCUT2D eigenvalue weighted by Gasteiger charge is 2.10. The predicted molar refractivity (Wildman–Crippen MR) is 74.4 cm³/mol. The molecule has 0 unspecified atom stereocenters. The van der Waals surface area contributed by atoms with E-state index in [1.54, 1.807) is 21.3 Å². The van der Waals surface area contributed by atoms with Gasteiger partial charge in [-0.2, -0.15) is 0 Å². The van der Waals surface area contributed by atoms with Crippen molar-refractivity contribution in [1.82, 2.24) is 10.9 Å². The Labute approximate surface area is 114 Å². The van der Waals surface area contributed by atoms with Crippen LogP contribution in [0.15, 0.2) is 12.1 Å². The average Bonchev–Trinajstić information content (AvgIpc) is 2.40. The SMILES string of the molecule is CNNC(=O)CCCc1c(C)cc(OC)cc1OC. The number of aryl methyl sites for hydroxylation is 1. The van der Waals surface area contributed by atoms with Crippen LogP contribution in [0.1, 0.15) is 24.0 Å². The highest BCUT2D eigenvalue weighted by Crippen LogP contribution is 2.29. The Bertz CT molecular complexity index is 433. The molecule has 0 radical (unpaired) electrons. The van der Waals surface area contributed by atoms with Crippen molar-refractivity contribution in [2.45, 2.75) is 26.2 Å². The van der Waals surface area contributed by atoms with E-state index in [2.05, 4.69) is 10.9 Å². The summed E-state index contributed by atoms with van der Waals surface area (Å²) in [6.45, 7) is 2.02. The van der Waals surface area contributed by atoms with E-state index in [4.69, 9.17) is 9.47 Å². The van der Waals surface area contributed by atoms with E-state index in [9.17, 15) is 4.79 Å². The number of carbonyl (C=O) groups excluding carboxylic acids is 1. The molecule has 0 atom stereocenters. The van der Waals surface area contributed by atoms with Crippen molar-refractivity contribution in [3.8, 4) is 11.5 Å². The summed E-state index contributed by atoms with van der Waals surface area (Å²) in [6, 6.07) is 3.85. The quantitative estimate of drug-likeness (QED) is 0.736. The Kier molecular flexibility index (Phi) is 6.15. The zero-order valence-electron chi connectivity index (χ0n) is 12.0. The van der Waals surface area contributed by atoms with E-state index in [-0.39, 0.29) is 5.91 Å². The molecule has 2 N–H and O–H groups in total. The van der Waals surface area contributed by atoms with Crippen molar-refractivity contribution in [3.63, 3.8) is 0 Å². The molecule has 0 aromatic heterocycles. The van der Waals surface area contributed by atoms with E-state index < -0.39 is 0 Å². The molecular formula is C14H22N2O3. The van der Waals surface area contributed by atoms with Crippen molar-refractivity contribution in [2.24, 2.45) is 0 Å². The van der Waals surface area contributed by atoms with Crippen molar-refractivity contribution in [1.29, 1.82) is 0 Å². The van der Waals surface area contributed by atoms with Gasteiger partial charge in [-0.25, -0.2) is 5.43 Å². The molecule has 1 aromatic carbocycles. The number of benzene rings is 1. The number of hydrogen-bond donors (Lipinski definition) is 2. The number of ether oxygens (including phenoxy) is 2. The molecule has 106 valence electrons. The van der Waals surface area contributed by atoms with Gasteiger partial charge in [0.15, 0.2) is 0 Å². The van der Waals surface area contributed by atoms with Gasteiger partial charge < -0.3 is 9.47 Å². The van der Waals surface area contributed by atoms with E-state index >= 15 is 0 Å². The first-order chi connectivity index (χ1) is 9.12. The van der Waals surface area contributed by atoms with Crippen molar-refractivity contribution in [3.05, 3.63) is 23.3 Å². The van der Waals surface area contributed by atoms with Crippen molar-refractivity contribution >= 4 is 5.91 Å². The van der Waals surface area contributed by atoms with Crippen LogP contribution in [0.3, 0.4) is 0 Å². The van der Waals surface area contributed by atoms with Gasteiger partial charge in [0.25, 0.3) is 0 Å². The van der Waals surface area contributed by atoms with Crippen LogP contribution in [-0.2, 0) is 11.2 Å². The summed E-state index contributed by atoms with van der Waals surface area (Å²) in [5, 5.41) is 0. The van der Waals surface area contributed by atoms with Crippen LogP contribution < -0.4 is 20.3 Å². The van der Waals surface area contributed by atoms with Gasteiger partial charge in [0, 0.05) is 19.5 Å². The third-order valence-electron chi connectivity index (χ3n) is 2.96. The third-order valence-corrected chi connectivity index (χ3v) is 2.96. The van der Waals surface area contributed by atoms with E-state index in [1.807, 2.05) is 19.1 Å². The van der Waals surface area contributed by atoms with Crippen LogP contribution in [0.25, 0.3) is 0 Å². The Morgan fingerprint density at radius 3 is 2.58 bits per heavy atom. The Morgan fingerprint density at radius 1 is 1.26 bits per heavy atom. The van der Waals surface area contributed by atoms with Gasteiger partial charge in [-0.15, -0.1) is 0 Å². The number of amides is 1. The lowest BCUT2D eigenvalue weighted by molar-refractivity contribution is -0.122.